The lowest BCUT2D eigenvalue weighted by Crippen LogP contribution is -2.41. The van der Waals surface area contributed by atoms with Gasteiger partial charge in [-0.1, -0.05) is 18.2 Å². The van der Waals surface area contributed by atoms with Crippen LogP contribution >= 0.6 is 0 Å². The first-order valence-electron chi connectivity index (χ1n) is 7.16. The van der Waals surface area contributed by atoms with Crippen LogP contribution < -0.4 is 0 Å². The number of fused-ring (bicyclic) bond motifs is 1. The summed E-state index contributed by atoms with van der Waals surface area (Å²) in [7, 11) is 3.95. The molecule has 1 fully saturated rings. The predicted molar refractivity (Wildman–Crippen MR) is 80.2 cm³/mol. The number of likely N-dealkylation sites (tertiary alicyclic amines) is 1. The van der Waals surface area contributed by atoms with E-state index in [9.17, 15) is 9.90 Å². The molecule has 112 valence electrons. The van der Waals surface area contributed by atoms with E-state index in [1.54, 1.807) is 4.90 Å². The van der Waals surface area contributed by atoms with Crippen molar-refractivity contribution in [1.82, 2.24) is 9.80 Å². The monoisotopic (exact) mass is 288 g/mol. The van der Waals surface area contributed by atoms with Gasteiger partial charge in [0.25, 0.3) is 5.91 Å². The minimum Gasteiger partial charge on any atom is -0.463 e. The summed E-state index contributed by atoms with van der Waals surface area (Å²) in [5.74, 6) is -0.0663. The van der Waals surface area contributed by atoms with Crippen LogP contribution in [-0.2, 0) is 0 Å². The van der Waals surface area contributed by atoms with E-state index >= 15 is 0 Å². The van der Waals surface area contributed by atoms with Crippen LogP contribution in [0.15, 0.2) is 34.9 Å². The fraction of sp³-hybridized carbons (Fsp3) is 0.438. The molecule has 2 aromatic rings. The second-order valence-electron chi connectivity index (χ2n) is 5.91. The lowest BCUT2D eigenvalue weighted by atomic mass is 10.1. The number of aliphatic hydroxyl groups excluding tert-OH is 1. The Kier molecular flexibility index (Phi) is 3.69. The Morgan fingerprint density at radius 3 is 2.95 bits per heavy atom. The highest BCUT2D eigenvalue weighted by molar-refractivity contribution is 6.06. The highest BCUT2D eigenvalue weighted by Crippen LogP contribution is 2.26. The molecule has 1 N–H and O–H groups in total. The highest BCUT2D eigenvalue weighted by atomic mass is 16.3. The quantitative estimate of drug-likeness (QED) is 0.931. The maximum Gasteiger partial charge on any atom is 0.258 e. The van der Waals surface area contributed by atoms with Crippen LogP contribution in [0.1, 0.15) is 16.8 Å². The number of hydrogen-bond donors (Lipinski definition) is 1. The maximum atomic E-state index is 12.8. The van der Waals surface area contributed by atoms with Crippen LogP contribution in [0.25, 0.3) is 11.0 Å². The Balaban J connectivity index is 1.90. The SMILES string of the molecule is CN(C)CC1CC(O)CN1C(=O)c1coc2ccccc12. The molecule has 2 unspecified atom stereocenters. The third-order valence-electron chi connectivity index (χ3n) is 3.94. The van der Waals surface area contributed by atoms with Gasteiger partial charge in [0, 0.05) is 24.5 Å². The first-order valence-corrected chi connectivity index (χ1v) is 7.16. The van der Waals surface area contributed by atoms with Gasteiger partial charge >= 0.3 is 0 Å². The molecule has 1 aliphatic heterocycles. The molecule has 5 nitrogen and oxygen atoms in total. The minimum absolute atomic E-state index is 0.0381. The fourth-order valence-electron chi connectivity index (χ4n) is 3.03. The van der Waals surface area contributed by atoms with Gasteiger partial charge < -0.3 is 19.3 Å². The van der Waals surface area contributed by atoms with Crippen molar-refractivity contribution in [2.24, 2.45) is 0 Å². The molecular formula is C16H20N2O3. The summed E-state index contributed by atoms with van der Waals surface area (Å²) < 4.78 is 5.45. The number of aliphatic hydroxyl groups is 1. The van der Waals surface area contributed by atoms with Crippen molar-refractivity contribution in [2.75, 3.05) is 27.2 Å². The zero-order valence-corrected chi connectivity index (χ0v) is 12.3. The van der Waals surface area contributed by atoms with Crippen LogP contribution in [0.2, 0.25) is 0 Å². The number of rotatable bonds is 3. The standard InChI is InChI=1S/C16H20N2O3/c1-17(2)8-11-7-12(19)9-18(11)16(20)14-10-21-15-6-4-3-5-13(14)15/h3-6,10-12,19H,7-9H2,1-2H3. The van der Waals surface area contributed by atoms with Gasteiger partial charge in [-0.3, -0.25) is 4.79 Å². The maximum absolute atomic E-state index is 12.8. The molecule has 21 heavy (non-hydrogen) atoms. The average molecular weight is 288 g/mol. The van der Waals surface area contributed by atoms with Gasteiger partial charge in [0.15, 0.2) is 0 Å². The summed E-state index contributed by atoms with van der Waals surface area (Å²) in [5, 5.41) is 10.7. The van der Waals surface area contributed by atoms with Gasteiger partial charge in [-0.2, -0.15) is 0 Å². The van der Waals surface area contributed by atoms with Gasteiger partial charge in [-0.25, -0.2) is 0 Å². The van der Waals surface area contributed by atoms with Crippen molar-refractivity contribution in [3.05, 3.63) is 36.1 Å². The number of hydrogen-bond acceptors (Lipinski definition) is 4. The van der Waals surface area contributed by atoms with Crippen LogP contribution in [0.4, 0.5) is 0 Å². The molecule has 0 radical (unpaired) electrons. The normalized spacial score (nSPS) is 22.4. The molecule has 2 atom stereocenters. The second-order valence-corrected chi connectivity index (χ2v) is 5.91. The number of furan rings is 1. The molecule has 3 rings (SSSR count). The first-order chi connectivity index (χ1) is 10.1. The van der Waals surface area contributed by atoms with Gasteiger partial charge in [0.05, 0.1) is 11.7 Å². The van der Waals surface area contributed by atoms with Crippen LogP contribution in [0.3, 0.4) is 0 Å². The van der Waals surface area contributed by atoms with Crippen LogP contribution in [-0.4, -0.2) is 60.1 Å². The van der Waals surface area contributed by atoms with Crippen molar-refractivity contribution in [3.8, 4) is 0 Å². The Labute approximate surface area is 123 Å². The minimum atomic E-state index is -0.447. The van der Waals surface area contributed by atoms with Crippen LogP contribution in [0.5, 0.6) is 0 Å². The molecule has 2 heterocycles. The summed E-state index contributed by atoms with van der Waals surface area (Å²) >= 11 is 0. The Morgan fingerprint density at radius 1 is 1.43 bits per heavy atom. The number of carbonyl (C=O) groups is 1. The molecule has 0 bridgehead atoms. The van der Waals surface area contributed by atoms with Crippen LogP contribution in [0, 0.1) is 0 Å². The molecular weight excluding hydrogens is 268 g/mol. The third-order valence-corrected chi connectivity index (χ3v) is 3.94. The number of para-hydroxylation sites is 1. The van der Waals surface area contributed by atoms with E-state index in [1.165, 1.54) is 6.26 Å². The smallest absolute Gasteiger partial charge is 0.258 e. The molecule has 1 amide bonds. The molecule has 1 aromatic heterocycles. The number of nitrogens with zero attached hydrogens (tertiary/aromatic N) is 2. The number of β-amino-alcohol motifs (C(OH)–C–C–N with tert-alkyl or cyclic N) is 1. The zero-order chi connectivity index (χ0) is 15.0. The molecule has 5 heteroatoms. The lowest BCUT2D eigenvalue weighted by molar-refractivity contribution is 0.0700. The van der Waals surface area contributed by atoms with E-state index in [-0.39, 0.29) is 11.9 Å². The Hall–Kier alpha value is -1.85. The second kappa shape index (κ2) is 5.50. The lowest BCUT2D eigenvalue weighted by Gasteiger charge is -2.26. The van der Waals surface area contributed by atoms with Gasteiger partial charge in [-0.05, 0) is 26.6 Å². The third kappa shape index (κ3) is 2.66. The number of amides is 1. The fourth-order valence-corrected chi connectivity index (χ4v) is 3.03. The first kappa shape index (κ1) is 14.1. The summed E-state index contributed by atoms with van der Waals surface area (Å²) in [6.45, 7) is 1.13. The number of likely N-dealkylation sites (N-methyl/N-ethyl adjacent to an activating group) is 1. The van der Waals surface area contributed by atoms with E-state index in [0.29, 0.717) is 24.1 Å². The molecule has 1 aromatic carbocycles. The summed E-state index contributed by atoms with van der Waals surface area (Å²) in [4.78, 5) is 16.6. The number of benzene rings is 1. The van der Waals surface area contributed by atoms with Gasteiger partial charge in [0.2, 0.25) is 0 Å². The zero-order valence-electron chi connectivity index (χ0n) is 12.3. The average Bonchev–Trinajstić information content (AvgIpc) is 3.01. The summed E-state index contributed by atoms with van der Waals surface area (Å²) in [6.07, 6.45) is 1.70. The van der Waals surface area contributed by atoms with E-state index in [4.69, 9.17) is 4.42 Å². The molecule has 0 spiro atoms. The Bertz CT molecular complexity index is 650. The van der Waals surface area contributed by atoms with Crippen molar-refractivity contribution in [2.45, 2.75) is 18.6 Å². The van der Waals surface area contributed by atoms with E-state index in [2.05, 4.69) is 0 Å². The molecule has 1 saturated heterocycles. The van der Waals surface area contributed by atoms with Gasteiger partial charge in [-0.15, -0.1) is 0 Å². The largest absolute Gasteiger partial charge is 0.463 e. The number of carbonyl (C=O) groups excluding carboxylic acids is 1. The predicted octanol–water partition coefficient (Wildman–Crippen LogP) is 1.57. The van der Waals surface area contributed by atoms with Crippen molar-refractivity contribution < 1.29 is 14.3 Å². The highest BCUT2D eigenvalue weighted by Gasteiger charge is 2.35. The van der Waals surface area contributed by atoms with Crippen molar-refractivity contribution >= 4 is 16.9 Å². The van der Waals surface area contributed by atoms with E-state index in [0.717, 1.165) is 11.9 Å². The molecule has 1 aliphatic rings. The summed E-state index contributed by atoms with van der Waals surface area (Å²) in [5.41, 5.74) is 1.29. The molecule has 0 aliphatic carbocycles. The van der Waals surface area contributed by atoms with Crippen molar-refractivity contribution in [3.63, 3.8) is 0 Å². The van der Waals surface area contributed by atoms with Gasteiger partial charge in [0.1, 0.15) is 11.8 Å². The van der Waals surface area contributed by atoms with E-state index < -0.39 is 6.10 Å². The van der Waals surface area contributed by atoms with E-state index in [1.807, 2.05) is 43.3 Å². The van der Waals surface area contributed by atoms with Crippen molar-refractivity contribution in [1.29, 1.82) is 0 Å². The topological polar surface area (TPSA) is 56.9 Å². The summed E-state index contributed by atoms with van der Waals surface area (Å²) in [6, 6.07) is 7.55. The molecule has 0 saturated carbocycles. The Morgan fingerprint density at radius 2 is 2.19 bits per heavy atom.